The van der Waals surface area contributed by atoms with Crippen LogP contribution in [0.5, 0.6) is 0 Å². The molecule has 3 N–H and O–H groups in total. The van der Waals surface area contributed by atoms with E-state index in [1.807, 2.05) is 48.5 Å². The predicted molar refractivity (Wildman–Crippen MR) is 115 cm³/mol. The van der Waals surface area contributed by atoms with Crippen molar-refractivity contribution in [3.8, 4) is 11.1 Å². The predicted octanol–water partition coefficient (Wildman–Crippen LogP) is 2.92. The van der Waals surface area contributed by atoms with Gasteiger partial charge in [0, 0.05) is 24.1 Å². The Balaban J connectivity index is 1.32. The average Bonchev–Trinajstić information content (AvgIpc) is 3.14. The van der Waals surface area contributed by atoms with Crippen LogP contribution in [0.4, 0.5) is 10.6 Å². The molecule has 4 rings (SSSR count). The number of fused-ring (bicyclic) bond motifs is 3. The lowest BCUT2D eigenvalue weighted by molar-refractivity contribution is -0.389. The van der Waals surface area contributed by atoms with E-state index in [4.69, 9.17) is 4.74 Å². The number of aliphatic hydroxyl groups excluding tert-OH is 2. The fourth-order valence-corrected chi connectivity index (χ4v) is 3.85. The number of aliphatic hydroxyl groups is 2. The summed E-state index contributed by atoms with van der Waals surface area (Å²) in [7, 11) is 0. The maximum Gasteiger partial charge on any atom is 0.407 e. The second-order valence-electron chi connectivity index (χ2n) is 7.43. The number of nitro groups is 1. The number of hydrogen-bond acceptors (Lipinski definition) is 7. The number of rotatable bonds is 7. The zero-order valence-corrected chi connectivity index (χ0v) is 16.9. The Morgan fingerprint density at radius 3 is 2.25 bits per heavy atom. The Labute approximate surface area is 183 Å². The minimum Gasteiger partial charge on any atom is -0.449 e. The molecular weight excluding hydrogens is 414 g/mol. The standard InChI is InChI=1S/C23H21N3O6/c27-20(22(28)14-9-10-21(24-11-14)26(30)31)12-25-23(29)32-13-19-17-7-3-1-5-15(17)16-6-2-4-8-18(16)19/h1-11,19-20,22,27-28H,12-13H2,(H,25,29). The van der Waals surface area contributed by atoms with E-state index in [1.165, 1.54) is 6.07 Å². The molecule has 0 saturated carbocycles. The van der Waals surface area contributed by atoms with Crippen molar-refractivity contribution >= 4 is 11.9 Å². The number of pyridine rings is 1. The van der Waals surface area contributed by atoms with Gasteiger partial charge in [0.15, 0.2) is 0 Å². The van der Waals surface area contributed by atoms with E-state index in [-0.39, 0.29) is 30.5 Å². The first kappa shape index (κ1) is 21.4. The first-order chi connectivity index (χ1) is 15.5. The molecule has 1 heterocycles. The van der Waals surface area contributed by atoms with Crippen LogP contribution in [-0.2, 0) is 4.74 Å². The molecule has 164 valence electrons. The normalized spacial score (nSPS) is 14.2. The van der Waals surface area contributed by atoms with Gasteiger partial charge in [-0.2, -0.15) is 0 Å². The molecule has 9 nitrogen and oxygen atoms in total. The molecule has 2 atom stereocenters. The minimum atomic E-state index is -1.38. The lowest BCUT2D eigenvalue weighted by Gasteiger charge is -2.18. The van der Waals surface area contributed by atoms with Crippen LogP contribution in [0.3, 0.4) is 0 Å². The highest BCUT2D eigenvalue weighted by atomic mass is 16.6. The van der Waals surface area contributed by atoms with Gasteiger partial charge in [-0.1, -0.05) is 48.5 Å². The number of amides is 1. The first-order valence-electron chi connectivity index (χ1n) is 10.0. The first-order valence-corrected chi connectivity index (χ1v) is 10.0. The summed E-state index contributed by atoms with van der Waals surface area (Å²) < 4.78 is 5.39. The summed E-state index contributed by atoms with van der Waals surface area (Å²) in [6.07, 6.45) is -2.34. The molecule has 0 aliphatic heterocycles. The summed E-state index contributed by atoms with van der Waals surface area (Å²) in [5.74, 6) is -0.456. The number of nitrogens with zero attached hydrogens (tertiary/aromatic N) is 2. The maximum atomic E-state index is 12.2. The van der Waals surface area contributed by atoms with Crippen LogP contribution in [0.2, 0.25) is 0 Å². The summed E-state index contributed by atoms with van der Waals surface area (Å²) in [6.45, 7) is -0.139. The monoisotopic (exact) mass is 435 g/mol. The van der Waals surface area contributed by atoms with Crippen molar-refractivity contribution in [1.82, 2.24) is 10.3 Å². The van der Waals surface area contributed by atoms with Crippen LogP contribution in [0.1, 0.15) is 28.7 Å². The van der Waals surface area contributed by atoms with Crippen molar-refractivity contribution in [1.29, 1.82) is 0 Å². The molecule has 2 aromatic carbocycles. The van der Waals surface area contributed by atoms with Crippen LogP contribution in [0.15, 0.2) is 66.9 Å². The van der Waals surface area contributed by atoms with Gasteiger partial charge in [-0.15, -0.1) is 0 Å². The van der Waals surface area contributed by atoms with Crippen LogP contribution < -0.4 is 5.32 Å². The Hall–Kier alpha value is -3.82. The van der Waals surface area contributed by atoms with Gasteiger partial charge in [-0.3, -0.25) is 0 Å². The van der Waals surface area contributed by atoms with Gasteiger partial charge in [0.2, 0.25) is 0 Å². The van der Waals surface area contributed by atoms with Crippen molar-refractivity contribution in [2.45, 2.75) is 18.1 Å². The van der Waals surface area contributed by atoms with Crippen LogP contribution in [0.25, 0.3) is 11.1 Å². The number of nitrogens with one attached hydrogen (secondary N) is 1. The van der Waals surface area contributed by atoms with Crippen molar-refractivity contribution in [2.24, 2.45) is 0 Å². The SMILES string of the molecule is O=C(NCC(O)C(O)c1ccc([N+](=O)[O-])nc1)OCC1c2ccccc2-c2ccccc21. The third-order valence-corrected chi connectivity index (χ3v) is 5.46. The Bertz CT molecular complexity index is 1090. The lowest BCUT2D eigenvalue weighted by Crippen LogP contribution is -2.36. The smallest absolute Gasteiger partial charge is 0.407 e. The number of carbonyl (C=O) groups excluding carboxylic acids is 1. The van der Waals surface area contributed by atoms with E-state index in [2.05, 4.69) is 10.3 Å². The fraction of sp³-hybridized carbons (Fsp3) is 0.217. The number of ether oxygens (including phenoxy) is 1. The molecular formula is C23H21N3O6. The third-order valence-electron chi connectivity index (χ3n) is 5.46. The summed E-state index contributed by atoms with van der Waals surface area (Å²) >= 11 is 0. The van der Waals surface area contributed by atoms with Crippen LogP contribution in [-0.4, -0.2) is 45.5 Å². The third kappa shape index (κ3) is 4.29. The van der Waals surface area contributed by atoms with Gasteiger partial charge in [0.05, 0.1) is 0 Å². The molecule has 0 radical (unpaired) electrons. The largest absolute Gasteiger partial charge is 0.449 e. The quantitative estimate of drug-likeness (QED) is 0.384. The number of benzene rings is 2. The highest BCUT2D eigenvalue weighted by Gasteiger charge is 2.29. The second-order valence-corrected chi connectivity index (χ2v) is 7.43. The summed E-state index contributed by atoms with van der Waals surface area (Å²) in [5, 5.41) is 33.4. The fourth-order valence-electron chi connectivity index (χ4n) is 3.85. The minimum absolute atomic E-state index is 0.0881. The van der Waals surface area contributed by atoms with Crippen molar-refractivity contribution in [3.63, 3.8) is 0 Å². The van der Waals surface area contributed by atoms with Gasteiger partial charge < -0.3 is 30.4 Å². The topological polar surface area (TPSA) is 135 Å². The van der Waals surface area contributed by atoms with Gasteiger partial charge in [0.1, 0.15) is 25.0 Å². The molecule has 0 bridgehead atoms. The Morgan fingerprint density at radius 1 is 1.06 bits per heavy atom. The number of carbonyl (C=O) groups is 1. The molecule has 1 aromatic heterocycles. The maximum absolute atomic E-state index is 12.2. The van der Waals surface area contributed by atoms with Crippen LogP contribution in [0, 0.1) is 10.1 Å². The highest BCUT2D eigenvalue weighted by Crippen LogP contribution is 2.44. The summed E-state index contributed by atoms with van der Waals surface area (Å²) in [5.41, 5.74) is 4.60. The van der Waals surface area contributed by atoms with Crippen LogP contribution >= 0.6 is 0 Å². The average molecular weight is 435 g/mol. The van der Waals surface area contributed by atoms with E-state index in [0.717, 1.165) is 34.5 Å². The molecule has 1 aliphatic rings. The molecule has 32 heavy (non-hydrogen) atoms. The molecule has 3 aromatic rings. The molecule has 0 spiro atoms. The summed E-state index contributed by atoms with van der Waals surface area (Å²) in [6, 6.07) is 18.4. The lowest BCUT2D eigenvalue weighted by atomic mass is 9.98. The molecule has 9 heteroatoms. The van der Waals surface area contributed by atoms with Gasteiger partial charge in [-0.05, 0) is 38.2 Å². The Morgan fingerprint density at radius 2 is 1.69 bits per heavy atom. The number of alkyl carbamates (subject to hydrolysis) is 1. The van der Waals surface area contributed by atoms with Gasteiger partial charge in [-0.25, -0.2) is 4.79 Å². The zero-order chi connectivity index (χ0) is 22.7. The van der Waals surface area contributed by atoms with Gasteiger partial charge in [0.25, 0.3) is 0 Å². The highest BCUT2D eigenvalue weighted by molar-refractivity contribution is 5.79. The molecule has 2 unspecified atom stereocenters. The molecule has 0 saturated heterocycles. The van der Waals surface area contributed by atoms with E-state index in [1.54, 1.807) is 0 Å². The van der Waals surface area contributed by atoms with E-state index < -0.39 is 23.2 Å². The molecule has 1 amide bonds. The molecule has 0 fully saturated rings. The number of aromatic nitrogens is 1. The number of hydrogen-bond donors (Lipinski definition) is 3. The van der Waals surface area contributed by atoms with E-state index in [0.29, 0.717) is 0 Å². The van der Waals surface area contributed by atoms with E-state index >= 15 is 0 Å². The van der Waals surface area contributed by atoms with Crippen molar-refractivity contribution in [3.05, 3.63) is 93.7 Å². The van der Waals surface area contributed by atoms with Crippen molar-refractivity contribution in [2.75, 3.05) is 13.2 Å². The molecule has 1 aliphatic carbocycles. The zero-order valence-electron chi connectivity index (χ0n) is 16.9. The van der Waals surface area contributed by atoms with Gasteiger partial charge >= 0.3 is 11.9 Å². The second kappa shape index (κ2) is 9.13. The Kier molecular flexibility index (Phi) is 6.11. The summed E-state index contributed by atoms with van der Waals surface area (Å²) in [4.78, 5) is 25.8. The van der Waals surface area contributed by atoms with Crippen molar-refractivity contribution < 1.29 is 24.7 Å². The van der Waals surface area contributed by atoms with E-state index in [9.17, 15) is 25.1 Å².